The molecule has 1 aliphatic carbocycles. The highest BCUT2D eigenvalue weighted by Gasteiger charge is 2.17. The molecule has 2 nitrogen and oxygen atoms in total. The zero-order chi connectivity index (χ0) is 17.4. The van der Waals surface area contributed by atoms with Crippen LogP contribution < -0.4 is 5.32 Å². The fraction of sp³-hybridized carbons (Fsp3) is 0.286. The minimum absolute atomic E-state index is 0.0241. The van der Waals surface area contributed by atoms with Crippen molar-refractivity contribution in [2.75, 3.05) is 6.54 Å². The number of nitrogens with one attached hydrogen (secondary N) is 1. The van der Waals surface area contributed by atoms with E-state index in [0.29, 0.717) is 12.1 Å². The van der Waals surface area contributed by atoms with Crippen molar-refractivity contribution in [1.82, 2.24) is 5.32 Å². The Morgan fingerprint density at radius 1 is 1.25 bits per heavy atom. The van der Waals surface area contributed by atoms with Gasteiger partial charge in [-0.3, -0.25) is 4.79 Å². The summed E-state index contributed by atoms with van der Waals surface area (Å²) >= 11 is 0. The van der Waals surface area contributed by atoms with E-state index in [9.17, 15) is 9.18 Å². The van der Waals surface area contributed by atoms with Gasteiger partial charge in [-0.25, -0.2) is 4.39 Å². The van der Waals surface area contributed by atoms with Crippen LogP contribution in [0.4, 0.5) is 4.39 Å². The predicted octanol–water partition coefficient (Wildman–Crippen LogP) is 4.15. The summed E-state index contributed by atoms with van der Waals surface area (Å²) in [5.74, 6) is 5.74. The standard InChI is InChI=1S/C21H22FNO/c1-3-14-23-21(24)20-13-11-16(10-12-18(20)4-2)8-9-17-6-5-7-19(22)15-17/h5-7,10-13,15,18H,3-4,14H2,1-2H3,(H,23,24). The minimum Gasteiger partial charge on any atom is -0.352 e. The number of amides is 1. The normalized spacial score (nSPS) is 16.4. The van der Waals surface area contributed by atoms with Crippen LogP contribution in [0.1, 0.15) is 32.3 Å². The Hall–Kier alpha value is -2.60. The summed E-state index contributed by atoms with van der Waals surface area (Å²) in [6, 6.07) is 6.21. The number of hydrogen-bond acceptors (Lipinski definition) is 1. The van der Waals surface area contributed by atoms with E-state index in [1.165, 1.54) is 12.1 Å². The van der Waals surface area contributed by atoms with Gasteiger partial charge in [0.2, 0.25) is 5.91 Å². The molecule has 0 spiro atoms. The lowest BCUT2D eigenvalue weighted by atomic mass is 9.95. The summed E-state index contributed by atoms with van der Waals surface area (Å²) in [5, 5.41) is 2.92. The summed E-state index contributed by atoms with van der Waals surface area (Å²) in [5.41, 5.74) is 2.19. The number of allylic oxidation sites excluding steroid dienone is 5. The van der Waals surface area contributed by atoms with Crippen LogP contribution in [-0.4, -0.2) is 12.5 Å². The second kappa shape index (κ2) is 8.88. The maximum absolute atomic E-state index is 13.2. The molecule has 0 saturated carbocycles. The van der Waals surface area contributed by atoms with Gasteiger partial charge in [0.15, 0.2) is 0 Å². The van der Waals surface area contributed by atoms with Gasteiger partial charge in [-0.15, -0.1) is 0 Å². The molecule has 0 fully saturated rings. The zero-order valence-corrected chi connectivity index (χ0v) is 14.1. The largest absolute Gasteiger partial charge is 0.352 e. The lowest BCUT2D eigenvalue weighted by molar-refractivity contribution is -0.117. The van der Waals surface area contributed by atoms with Crippen LogP contribution in [0.3, 0.4) is 0 Å². The van der Waals surface area contributed by atoms with Crippen molar-refractivity contribution in [3.8, 4) is 11.8 Å². The van der Waals surface area contributed by atoms with E-state index in [0.717, 1.165) is 24.0 Å². The van der Waals surface area contributed by atoms with Crippen molar-refractivity contribution in [2.24, 2.45) is 5.92 Å². The molecule has 2 rings (SSSR count). The van der Waals surface area contributed by atoms with Crippen molar-refractivity contribution in [3.63, 3.8) is 0 Å². The molecule has 3 heteroatoms. The first-order valence-electron chi connectivity index (χ1n) is 8.30. The Morgan fingerprint density at radius 3 is 2.79 bits per heavy atom. The molecule has 1 aromatic carbocycles. The monoisotopic (exact) mass is 323 g/mol. The molecule has 1 unspecified atom stereocenters. The van der Waals surface area contributed by atoms with Gasteiger partial charge in [-0.05, 0) is 43.2 Å². The molecule has 24 heavy (non-hydrogen) atoms. The highest BCUT2D eigenvalue weighted by molar-refractivity contribution is 5.94. The van der Waals surface area contributed by atoms with E-state index in [1.807, 2.05) is 31.2 Å². The van der Waals surface area contributed by atoms with Crippen molar-refractivity contribution in [2.45, 2.75) is 26.7 Å². The van der Waals surface area contributed by atoms with Crippen molar-refractivity contribution >= 4 is 5.91 Å². The summed E-state index contributed by atoms with van der Waals surface area (Å²) in [6.45, 7) is 4.75. The first kappa shape index (κ1) is 17.7. The van der Waals surface area contributed by atoms with Gasteiger partial charge in [0.1, 0.15) is 5.82 Å². The lowest BCUT2D eigenvalue weighted by Gasteiger charge is -2.13. The van der Waals surface area contributed by atoms with Gasteiger partial charge in [-0.1, -0.05) is 43.9 Å². The Kier molecular flexibility index (Phi) is 6.57. The van der Waals surface area contributed by atoms with Gasteiger partial charge in [0.05, 0.1) is 0 Å². The fourth-order valence-corrected chi connectivity index (χ4v) is 2.42. The summed E-state index contributed by atoms with van der Waals surface area (Å²) in [6.07, 6.45) is 9.38. The highest BCUT2D eigenvalue weighted by Crippen LogP contribution is 2.21. The van der Waals surface area contributed by atoms with E-state index in [-0.39, 0.29) is 17.6 Å². The zero-order valence-electron chi connectivity index (χ0n) is 14.1. The molecule has 124 valence electrons. The average Bonchev–Trinajstić information content (AvgIpc) is 2.80. The third-order valence-electron chi connectivity index (χ3n) is 3.76. The lowest BCUT2D eigenvalue weighted by Crippen LogP contribution is -2.28. The smallest absolute Gasteiger partial charge is 0.247 e. The molecule has 1 N–H and O–H groups in total. The Balaban J connectivity index is 2.22. The average molecular weight is 323 g/mol. The molecule has 0 aliphatic heterocycles. The van der Waals surface area contributed by atoms with E-state index in [2.05, 4.69) is 24.1 Å². The number of halogens is 1. The maximum atomic E-state index is 13.2. The van der Waals surface area contributed by atoms with Crippen LogP contribution in [0.25, 0.3) is 0 Å². The SMILES string of the molecule is CCCNC(=O)C1=CC=C(C#Cc2cccc(F)c2)C=CC1CC. The van der Waals surface area contributed by atoms with E-state index >= 15 is 0 Å². The topological polar surface area (TPSA) is 29.1 Å². The number of hydrogen-bond donors (Lipinski definition) is 1. The quantitative estimate of drug-likeness (QED) is 0.829. The van der Waals surface area contributed by atoms with Crippen molar-refractivity contribution in [1.29, 1.82) is 0 Å². The Morgan fingerprint density at radius 2 is 2.08 bits per heavy atom. The molecular formula is C21H22FNO. The molecule has 0 aromatic heterocycles. The first-order chi connectivity index (χ1) is 11.6. The van der Waals surface area contributed by atoms with Gasteiger partial charge < -0.3 is 5.32 Å². The summed E-state index contributed by atoms with van der Waals surface area (Å²) in [7, 11) is 0. The van der Waals surface area contributed by atoms with Crippen LogP contribution in [0.5, 0.6) is 0 Å². The van der Waals surface area contributed by atoms with Gasteiger partial charge in [0, 0.05) is 29.2 Å². The molecule has 1 aromatic rings. The first-order valence-corrected chi connectivity index (χ1v) is 8.30. The second-order valence-electron chi connectivity index (χ2n) is 5.63. The molecule has 1 amide bonds. The fourth-order valence-electron chi connectivity index (χ4n) is 2.42. The maximum Gasteiger partial charge on any atom is 0.247 e. The van der Waals surface area contributed by atoms with E-state index in [1.54, 1.807) is 12.1 Å². The predicted molar refractivity (Wildman–Crippen MR) is 95.7 cm³/mol. The molecule has 1 aliphatic rings. The van der Waals surface area contributed by atoms with Crippen LogP contribution in [-0.2, 0) is 4.79 Å². The van der Waals surface area contributed by atoms with Crippen molar-refractivity contribution in [3.05, 3.63) is 71.1 Å². The van der Waals surface area contributed by atoms with E-state index < -0.39 is 0 Å². The molecule has 0 heterocycles. The Labute approximate surface area is 143 Å². The van der Waals surface area contributed by atoms with Crippen LogP contribution >= 0.6 is 0 Å². The summed E-state index contributed by atoms with van der Waals surface area (Å²) < 4.78 is 13.2. The number of benzene rings is 1. The molecular weight excluding hydrogens is 301 g/mol. The van der Waals surface area contributed by atoms with E-state index in [4.69, 9.17) is 0 Å². The highest BCUT2D eigenvalue weighted by atomic mass is 19.1. The van der Waals surface area contributed by atoms with Crippen LogP contribution in [0.15, 0.2) is 59.7 Å². The Bertz CT molecular complexity index is 747. The molecule has 0 bridgehead atoms. The molecule has 1 atom stereocenters. The van der Waals surface area contributed by atoms with Crippen LogP contribution in [0.2, 0.25) is 0 Å². The summed E-state index contributed by atoms with van der Waals surface area (Å²) in [4.78, 5) is 12.3. The van der Waals surface area contributed by atoms with Gasteiger partial charge >= 0.3 is 0 Å². The van der Waals surface area contributed by atoms with Gasteiger partial charge in [0.25, 0.3) is 0 Å². The third kappa shape index (κ3) is 4.96. The second-order valence-corrected chi connectivity index (χ2v) is 5.63. The minimum atomic E-state index is -0.298. The molecule has 0 saturated heterocycles. The van der Waals surface area contributed by atoms with Crippen LogP contribution in [0, 0.1) is 23.6 Å². The third-order valence-corrected chi connectivity index (χ3v) is 3.76. The van der Waals surface area contributed by atoms with Crippen molar-refractivity contribution < 1.29 is 9.18 Å². The molecule has 0 radical (unpaired) electrons. The van der Waals surface area contributed by atoms with Gasteiger partial charge in [-0.2, -0.15) is 0 Å². The number of rotatable bonds is 4. The number of carbonyl (C=O) groups is 1. The number of carbonyl (C=O) groups excluding carboxylic acids is 1.